The standard InChI is InChI=1S/C21H16ClNO3S/c22-15-8-9-17-16(11-15)21(26,12-18(24)19-7-4-10-27-19)20(25)23(17)13-14-5-2-1-3-6-14/h1-11,26H,12-13H2/t21-/m0/s1. The largest absolute Gasteiger partial charge is 0.375 e. The van der Waals surface area contributed by atoms with Crippen LogP contribution in [-0.4, -0.2) is 16.8 Å². The summed E-state index contributed by atoms with van der Waals surface area (Å²) in [5.74, 6) is -0.776. The number of carbonyl (C=O) groups is 2. The maximum Gasteiger partial charge on any atom is 0.264 e. The van der Waals surface area contributed by atoms with Gasteiger partial charge < -0.3 is 10.0 Å². The van der Waals surface area contributed by atoms with Crippen LogP contribution in [0.25, 0.3) is 0 Å². The molecule has 0 unspecified atom stereocenters. The van der Waals surface area contributed by atoms with Crippen LogP contribution in [-0.2, 0) is 16.9 Å². The zero-order chi connectivity index (χ0) is 19.0. The highest BCUT2D eigenvalue weighted by molar-refractivity contribution is 7.12. The van der Waals surface area contributed by atoms with Crippen LogP contribution in [0, 0.1) is 0 Å². The first-order chi connectivity index (χ1) is 13.0. The Morgan fingerprint density at radius 2 is 1.89 bits per heavy atom. The number of hydrogen-bond donors (Lipinski definition) is 1. The van der Waals surface area contributed by atoms with Gasteiger partial charge in [0.05, 0.1) is 23.5 Å². The molecule has 1 atom stereocenters. The zero-order valence-corrected chi connectivity index (χ0v) is 15.8. The van der Waals surface area contributed by atoms with Crippen LogP contribution in [0.1, 0.15) is 27.2 Å². The Hall–Kier alpha value is -2.47. The minimum Gasteiger partial charge on any atom is -0.375 e. The summed E-state index contributed by atoms with van der Waals surface area (Å²) in [5, 5.41) is 13.5. The lowest BCUT2D eigenvalue weighted by Crippen LogP contribution is -2.41. The minimum atomic E-state index is -1.92. The van der Waals surface area contributed by atoms with Crippen molar-refractivity contribution in [2.75, 3.05) is 4.90 Å². The fourth-order valence-electron chi connectivity index (χ4n) is 3.37. The number of hydrogen-bond acceptors (Lipinski definition) is 4. The van der Waals surface area contributed by atoms with E-state index in [9.17, 15) is 14.7 Å². The number of ketones is 1. The molecule has 1 amide bonds. The molecule has 4 nitrogen and oxygen atoms in total. The van der Waals surface area contributed by atoms with Gasteiger partial charge in [-0.05, 0) is 35.2 Å². The molecular formula is C21H16ClNO3S. The second kappa shape index (κ2) is 6.93. The summed E-state index contributed by atoms with van der Waals surface area (Å²) in [6.45, 7) is 0.309. The van der Waals surface area contributed by atoms with Crippen molar-refractivity contribution in [1.29, 1.82) is 0 Å². The molecule has 1 aromatic heterocycles. The van der Waals surface area contributed by atoms with E-state index in [1.807, 2.05) is 30.3 Å². The van der Waals surface area contributed by atoms with Crippen LogP contribution >= 0.6 is 22.9 Å². The fraction of sp³-hybridized carbons (Fsp3) is 0.143. The van der Waals surface area contributed by atoms with Gasteiger partial charge in [0.1, 0.15) is 0 Å². The third-order valence-corrected chi connectivity index (χ3v) is 5.84. The molecule has 4 rings (SSSR count). The van der Waals surface area contributed by atoms with Crippen molar-refractivity contribution in [2.45, 2.75) is 18.6 Å². The Kier molecular flexibility index (Phi) is 4.60. The van der Waals surface area contributed by atoms with Crippen LogP contribution in [0.5, 0.6) is 0 Å². The number of thiophene rings is 1. The molecule has 27 heavy (non-hydrogen) atoms. The van der Waals surface area contributed by atoms with Gasteiger partial charge in [-0.25, -0.2) is 0 Å². The molecule has 0 aliphatic carbocycles. The van der Waals surface area contributed by atoms with Gasteiger partial charge in [0.25, 0.3) is 5.91 Å². The lowest BCUT2D eigenvalue weighted by atomic mass is 9.89. The third-order valence-electron chi connectivity index (χ3n) is 4.69. The molecule has 1 N–H and O–H groups in total. The highest BCUT2D eigenvalue weighted by Crippen LogP contribution is 2.44. The van der Waals surface area contributed by atoms with E-state index in [2.05, 4.69) is 0 Å². The summed E-state index contributed by atoms with van der Waals surface area (Å²) < 4.78 is 0. The van der Waals surface area contributed by atoms with E-state index in [-0.39, 0.29) is 12.2 Å². The van der Waals surface area contributed by atoms with Gasteiger partial charge in [-0.2, -0.15) is 0 Å². The van der Waals surface area contributed by atoms with Crippen molar-refractivity contribution in [2.24, 2.45) is 0 Å². The second-order valence-electron chi connectivity index (χ2n) is 6.48. The van der Waals surface area contributed by atoms with Gasteiger partial charge >= 0.3 is 0 Å². The molecule has 0 radical (unpaired) electrons. The number of amides is 1. The van der Waals surface area contributed by atoms with Gasteiger partial charge in [0, 0.05) is 10.6 Å². The molecule has 2 aromatic carbocycles. The van der Waals surface area contributed by atoms with Gasteiger partial charge in [-0.3, -0.25) is 9.59 Å². The fourth-order valence-corrected chi connectivity index (χ4v) is 4.21. The van der Waals surface area contributed by atoms with E-state index in [0.29, 0.717) is 27.7 Å². The Morgan fingerprint density at radius 3 is 2.59 bits per heavy atom. The number of aliphatic hydroxyl groups is 1. The second-order valence-corrected chi connectivity index (χ2v) is 7.86. The Balaban J connectivity index is 1.73. The zero-order valence-electron chi connectivity index (χ0n) is 14.3. The summed E-state index contributed by atoms with van der Waals surface area (Å²) in [4.78, 5) is 27.8. The lowest BCUT2D eigenvalue weighted by Gasteiger charge is -2.22. The normalized spacial score (nSPS) is 18.6. The Bertz CT molecular complexity index is 1000. The van der Waals surface area contributed by atoms with Crippen molar-refractivity contribution in [3.05, 3.63) is 87.1 Å². The smallest absolute Gasteiger partial charge is 0.264 e. The van der Waals surface area contributed by atoms with Crippen molar-refractivity contribution < 1.29 is 14.7 Å². The molecule has 0 fully saturated rings. The highest BCUT2D eigenvalue weighted by Gasteiger charge is 2.51. The maximum atomic E-state index is 13.2. The summed E-state index contributed by atoms with van der Waals surface area (Å²) in [6.07, 6.45) is -0.315. The number of fused-ring (bicyclic) bond motifs is 1. The highest BCUT2D eigenvalue weighted by atomic mass is 35.5. The maximum absolute atomic E-state index is 13.2. The van der Waals surface area contributed by atoms with Crippen molar-refractivity contribution in [1.82, 2.24) is 0 Å². The first kappa shape index (κ1) is 17.9. The Labute approximate surface area is 165 Å². The molecule has 1 aliphatic rings. The lowest BCUT2D eigenvalue weighted by molar-refractivity contribution is -0.136. The predicted octanol–water partition coefficient (Wildman–Crippen LogP) is 4.41. The van der Waals surface area contributed by atoms with E-state index in [1.165, 1.54) is 16.2 Å². The molecule has 0 saturated carbocycles. The van der Waals surface area contributed by atoms with E-state index in [4.69, 9.17) is 11.6 Å². The van der Waals surface area contributed by atoms with E-state index < -0.39 is 11.5 Å². The molecule has 0 saturated heterocycles. The predicted molar refractivity (Wildman–Crippen MR) is 106 cm³/mol. The summed E-state index contributed by atoms with van der Waals surface area (Å²) in [5.41, 5.74) is -0.0352. The van der Waals surface area contributed by atoms with Crippen molar-refractivity contribution in [3.63, 3.8) is 0 Å². The first-order valence-electron chi connectivity index (χ1n) is 8.44. The number of halogens is 1. The van der Waals surface area contributed by atoms with Gasteiger partial charge in [-0.1, -0.05) is 48.0 Å². The van der Waals surface area contributed by atoms with E-state index in [1.54, 1.807) is 35.7 Å². The van der Waals surface area contributed by atoms with Gasteiger partial charge in [0.15, 0.2) is 11.4 Å². The van der Waals surface area contributed by atoms with Gasteiger partial charge in [-0.15, -0.1) is 11.3 Å². The first-order valence-corrected chi connectivity index (χ1v) is 9.70. The molecule has 3 aromatic rings. The quantitative estimate of drug-likeness (QED) is 0.649. The number of nitrogens with zero attached hydrogens (tertiary/aromatic N) is 1. The van der Waals surface area contributed by atoms with Gasteiger partial charge in [0.2, 0.25) is 0 Å². The number of carbonyl (C=O) groups excluding carboxylic acids is 2. The molecule has 136 valence electrons. The number of benzene rings is 2. The third kappa shape index (κ3) is 3.18. The number of rotatable bonds is 5. The van der Waals surface area contributed by atoms with Crippen LogP contribution in [0.15, 0.2) is 66.0 Å². The van der Waals surface area contributed by atoms with Crippen LogP contribution in [0.4, 0.5) is 5.69 Å². The van der Waals surface area contributed by atoms with E-state index >= 15 is 0 Å². The molecule has 1 aliphatic heterocycles. The number of anilines is 1. The molecule has 6 heteroatoms. The molecule has 0 spiro atoms. The minimum absolute atomic E-state index is 0.270. The average Bonchev–Trinajstić information content (AvgIpc) is 3.26. The van der Waals surface area contributed by atoms with Crippen LogP contribution in [0.3, 0.4) is 0 Å². The summed E-state index contributed by atoms with van der Waals surface area (Å²) in [6, 6.07) is 17.9. The average molecular weight is 398 g/mol. The summed E-state index contributed by atoms with van der Waals surface area (Å²) in [7, 11) is 0. The monoisotopic (exact) mass is 397 g/mol. The van der Waals surface area contributed by atoms with Crippen LogP contribution < -0.4 is 4.90 Å². The molecule has 2 heterocycles. The summed E-state index contributed by atoms with van der Waals surface area (Å²) >= 11 is 7.41. The Morgan fingerprint density at radius 1 is 1.11 bits per heavy atom. The SMILES string of the molecule is O=C(C[C@@]1(O)C(=O)N(Cc2ccccc2)c2ccc(Cl)cc21)c1cccs1. The van der Waals surface area contributed by atoms with Crippen molar-refractivity contribution >= 4 is 40.3 Å². The van der Waals surface area contributed by atoms with Crippen molar-refractivity contribution in [3.8, 4) is 0 Å². The molecule has 0 bridgehead atoms. The molecular weight excluding hydrogens is 382 g/mol. The number of Topliss-reactive ketones (excluding diaryl/α,β-unsaturated/α-hetero) is 1. The topological polar surface area (TPSA) is 57.6 Å². The van der Waals surface area contributed by atoms with Crippen LogP contribution in [0.2, 0.25) is 5.02 Å². The van der Waals surface area contributed by atoms with E-state index in [0.717, 1.165) is 5.56 Å².